The molecule has 1 aliphatic heterocycles. The van der Waals surface area contributed by atoms with Crippen molar-refractivity contribution in [3.8, 4) is 17.1 Å². The number of ether oxygens (including phenoxy) is 1. The minimum absolute atomic E-state index is 0.166. The Balaban J connectivity index is 1.88. The number of nitrogens with one attached hydrogen (secondary N) is 1. The lowest BCUT2D eigenvalue weighted by atomic mass is 10.1. The van der Waals surface area contributed by atoms with Crippen molar-refractivity contribution < 1.29 is 17.6 Å². The summed E-state index contributed by atoms with van der Waals surface area (Å²) in [6, 6.07) is 12.5. The molecule has 6 nitrogen and oxygen atoms in total. The third-order valence-corrected chi connectivity index (χ3v) is 5.43. The zero-order chi connectivity index (χ0) is 17.4. The average molecular weight is 354 g/mol. The number of fused-ring (bicyclic) bond motifs is 1. The highest BCUT2D eigenvalue weighted by molar-refractivity contribution is 7.94. The van der Waals surface area contributed by atoms with Crippen molar-refractivity contribution in [2.24, 2.45) is 0 Å². The Morgan fingerprint density at radius 1 is 1.16 bits per heavy atom. The molecule has 0 saturated heterocycles. The Kier molecular flexibility index (Phi) is 3.58. The normalized spacial score (nSPS) is 15.0. The van der Waals surface area contributed by atoms with Gasteiger partial charge in [0.1, 0.15) is 5.75 Å². The Hall–Kier alpha value is -3.06. The second-order valence-electron chi connectivity index (χ2n) is 5.48. The predicted molar refractivity (Wildman–Crippen MR) is 93.7 cm³/mol. The van der Waals surface area contributed by atoms with Crippen LogP contribution in [0.5, 0.6) is 5.75 Å². The Labute approximate surface area is 144 Å². The minimum atomic E-state index is -3.62. The van der Waals surface area contributed by atoms with Gasteiger partial charge in [-0.2, -0.15) is 0 Å². The number of benzene rings is 2. The van der Waals surface area contributed by atoms with Crippen molar-refractivity contribution in [3.63, 3.8) is 0 Å². The van der Waals surface area contributed by atoms with Crippen molar-refractivity contribution >= 4 is 21.2 Å². The molecule has 0 saturated carbocycles. The summed E-state index contributed by atoms with van der Waals surface area (Å²) in [6.07, 6.45) is 2.80. The minimum Gasteiger partial charge on any atom is -0.496 e. The van der Waals surface area contributed by atoms with Crippen LogP contribution in [0.4, 0.5) is 5.69 Å². The van der Waals surface area contributed by atoms with E-state index in [9.17, 15) is 8.42 Å². The fourth-order valence-electron chi connectivity index (χ4n) is 2.75. The Bertz CT molecular complexity index is 1060. The van der Waals surface area contributed by atoms with E-state index in [1.807, 2.05) is 30.3 Å². The zero-order valence-electron chi connectivity index (χ0n) is 13.3. The summed E-state index contributed by atoms with van der Waals surface area (Å²) < 4.78 is 36.2. The molecule has 0 atom stereocenters. The summed E-state index contributed by atoms with van der Waals surface area (Å²) in [4.78, 5) is 4.04. The summed E-state index contributed by atoms with van der Waals surface area (Å²) in [5.74, 6) is 0.931. The fourth-order valence-corrected chi connectivity index (χ4v) is 4.09. The summed E-state index contributed by atoms with van der Waals surface area (Å²) in [5.41, 5.74) is 2.29. The molecule has 0 bridgehead atoms. The lowest BCUT2D eigenvalue weighted by Crippen LogP contribution is -2.13. The second kappa shape index (κ2) is 5.78. The van der Waals surface area contributed by atoms with Gasteiger partial charge in [-0.3, -0.25) is 0 Å². The van der Waals surface area contributed by atoms with Crippen molar-refractivity contribution in [2.45, 2.75) is 4.90 Å². The van der Waals surface area contributed by atoms with E-state index in [0.717, 1.165) is 5.56 Å². The maximum absolute atomic E-state index is 12.8. The number of methoxy groups -OCH3 is 1. The molecule has 4 rings (SSSR count). The number of sulfone groups is 1. The van der Waals surface area contributed by atoms with Gasteiger partial charge in [0.25, 0.3) is 0 Å². The first-order valence-corrected chi connectivity index (χ1v) is 9.03. The van der Waals surface area contributed by atoms with E-state index in [4.69, 9.17) is 9.15 Å². The van der Waals surface area contributed by atoms with E-state index in [1.54, 1.807) is 6.07 Å². The molecule has 0 radical (unpaired) electrons. The highest BCUT2D eigenvalue weighted by Gasteiger charge is 2.27. The molecule has 1 aromatic heterocycles. The molecule has 1 aliphatic rings. The van der Waals surface area contributed by atoms with Gasteiger partial charge in [-0.15, -0.1) is 0 Å². The third-order valence-electron chi connectivity index (χ3n) is 3.93. The first-order valence-electron chi connectivity index (χ1n) is 7.48. The van der Waals surface area contributed by atoms with Crippen LogP contribution in [-0.4, -0.2) is 20.5 Å². The topological polar surface area (TPSA) is 81.4 Å². The maximum atomic E-state index is 12.8. The predicted octanol–water partition coefficient (Wildman–Crippen LogP) is 3.55. The first kappa shape index (κ1) is 15.5. The van der Waals surface area contributed by atoms with Crippen molar-refractivity contribution in [2.75, 3.05) is 12.4 Å². The molecule has 2 heterocycles. The quantitative estimate of drug-likeness (QED) is 0.775. The van der Waals surface area contributed by atoms with Crippen LogP contribution in [0.2, 0.25) is 0 Å². The van der Waals surface area contributed by atoms with Crippen LogP contribution in [0, 0.1) is 0 Å². The van der Waals surface area contributed by atoms with Gasteiger partial charge in [0.2, 0.25) is 9.84 Å². The summed E-state index contributed by atoms with van der Waals surface area (Å²) in [7, 11) is -2.10. The molecule has 0 aliphatic carbocycles. The van der Waals surface area contributed by atoms with Crippen LogP contribution >= 0.6 is 0 Å². The van der Waals surface area contributed by atoms with E-state index in [-0.39, 0.29) is 4.90 Å². The van der Waals surface area contributed by atoms with Crippen molar-refractivity contribution in [1.29, 1.82) is 0 Å². The van der Waals surface area contributed by atoms with Crippen molar-refractivity contribution in [1.82, 2.24) is 4.98 Å². The van der Waals surface area contributed by atoms with E-state index >= 15 is 0 Å². The molecule has 3 aromatic rings. The Morgan fingerprint density at radius 2 is 1.96 bits per heavy atom. The summed E-state index contributed by atoms with van der Waals surface area (Å²) >= 11 is 0. The van der Waals surface area contributed by atoms with Crippen LogP contribution in [0.1, 0.15) is 5.56 Å². The molecule has 2 aromatic carbocycles. The third kappa shape index (κ3) is 2.68. The smallest absolute Gasteiger partial charge is 0.203 e. The maximum Gasteiger partial charge on any atom is 0.203 e. The molecular formula is C18H14N2O4S. The molecule has 126 valence electrons. The van der Waals surface area contributed by atoms with Gasteiger partial charge in [-0.1, -0.05) is 30.3 Å². The second-order valence-corrected chi connectivity index (χ2v) is 7.25. The molecule has 0 amide bonds. The van der Waals surface area contributed by atoms with E-state index in [2.05, 4.69) is 10.3 Å². The average Bonchev–Trinajstić information content (AvgIpc) is 3.15. The van der Waals surface area contributed by atoms with Gasteiger partial charge in [0.05, 0.1) is 40.6 Å². The van der Waals surface area contributed by atoms with Gasteiger partial charge in [0.15, 0.2) is 12.2 Å². The van der Waals surface area contributed by atoms with Gasteiger partial charge in [0, 0.05) is 6.07 Å². The molecule has 25 heavy (non-hydrogen) atoms. The van der Waals surface area contributed by atoms with Gasteiger partial charge >= 0.3 is 0 Å². The number of aromatic nitrogens is 1. The standard InChI is InChI=1S/C18H14N2O4S/c1-23-16-8-14-18(7-13(16)17-9-19-11-24-17)25(21,22)10-15(20-14)12-5-3-2-4-6-12/h2-11,20H,1H3. The molecular weight excluding hydrogens is 340 g/mol. The van der Waals surface area contributed by atoms with Gasteiger partial charge in [-0.05, 0) is 11.6 Å². The largest absolute Gasteiger partial charge is 0.496 e. The van der Waals surface area contributed by atoms with Crippen LogP contribution in [-0.2, 0) is 9.84 Å². The molecule has 7 heteroatoms. The SMILES string of the molecule is COc1cc2c(cc1-c1cnco1)S(=O)(=O)C=C(c1ccccc1)N2. The number of anilines is 1. The lowest BCUT2D eigenvalue weighted by molar-refractivity contribution is 0.414. The number of hydrogen-bond acceptors (Lipinski definition) is 6. The first-order chi connectivity index (χ1) is 12.1. The number of nitrogens with zero attached hydrogens (tertiary/aromatic N) is 1. The fraction of sp³-hybridized carbons (Fsp3) is 0.0556. The summed E-state index contributed by atoms with van der Waals surface area (Å²) in [6.45, 7) is 0. The van der Waals surface area contributed by atoms with Crippen LogP contribution < -0.4 is 10.1 Å². The summed E-state index contributed by atoms with van der Waals surface area (Å²) in [5, 5.41) is 4.41. The molecule has 1 N–H and O–H groups in total. The lowest BCUT2D eigenvalue weighted by Gasteiger charge is -2.21. The molecule has 0 fully saturated rings. The van der Waals surface area contributed by atoms with E-state index in [1.165, 1.54) is 31.2 Å². The van der Waals surface area contributed by atoms with Crippen LogP contribution in [0.3, 0.4) is 0 Å². The zero-order valence-corrected chi connectivity index (χ0v) is 14.1. The Morgan fingerprint density at radius 3 is 2.64 bits per heavy atom. The number of rotatable bonds is 3. The van der Waals surface area contributed by atoms with Crippen LogP contribution in [0.25, 0.3) is 17.0 Å². The highest BCUT2D eigenvalue weighted by Crippen LogP contribution is 2.41. The van der Waals surface area contributed by atoms with Gasteiger partial charge in [-0.25, -0.2) is 13.4 Å². The van der Waals surface area contributed by atoms with Crippen molar-refractivity contribution in [3.05, 3.63) is 66.0 Å². The molecule has 0 unspecified atom stereocenters. The highest BCUT2D eigenvalue weighted by atomic mass is 32.2. The van der Waals surface area contributed by atoms with E-state index < -0.39 is 9.84 Å². The number of oxazole rings is 1. The van der Waals surface area contributed by atoms with Gasteiger partial charge < -0.3 is 14.5 Å². The number of hydrogen-bond donors (Lipinski definition) is 1. The molecule has 0 spiro atoms. The van der Waals surface area contributed by atoms with E-state index in [0.29, 0.717) is 28.5 Å². The monoisotopic (exact) mass is 354 g/mol. The van der Waals surface area contributed by atoms with Crippen LogP contribution in [0.15, 0.2) is 69.8 Å².